The number of imidazole rings is 2. The maximum Gasteiger partial charge on any atom is 0.420 e. The van der Waals surface area contributed by atoms with E-state index in [1.807, 2.05) is 86.9 Å². The van der Waals surface area contributed by atoms with Crippen LogP contribution in [0.1, 0.15) is 209 Å². The number of cyclic esters (lactones) is 2. The number of fused-ring (bicyclic) bond motifs is 1. The summed E-state index contributed by atoms with van der Waals surface area (Å²) in [5.74, 6) is -7.35. The number of aliphatic hydroxyl groups excluding tert-OH is 1. The Morgan fingerprint density at radius 1 is 0.703 bits per heavy atom. The number of carbonyl (C=O) groups is 8. The third-order valence-electron chi connectivity index (χ3n) is 22.3. The molecule has 3 aromatic heterocycles. The molecule has 5 aliphatic rings. The lowest BCUT2D eigenvalue weighted by molar-refractivity contribution is -0.284. The number of aliphatic hydroxyl groups is 1. The molecule has 3 aromatic rings. The second-order valence-electron chi connectivity index (χ2n) is 31.2. The number of hydrogen-bond acceptors (Lipinski definition) is 20. The minimum Gasteiger partial charge on any atom is -0.457 e. The van der Waals surface area contributed by atoms with Crippen LogP contribution >= 0.6 is 0 Å². The lowest BCUT2D eigenvalue weighted by atomic mass is 9.70. The Balaban J connectivity index is 0.000000291. The number of pyridine rings is 1. The molecule has 4 saturated heterocycles. The van der Waals surface area contributed by atoms with E-state index in [1.165, 1.54) is 42.5 Å². The Hall–Kier alpha value is -6.60. The summed E-state index contributed by atoms with van der Waals surface area (Å²) in [5, 5.41) is 11.1. The van der Waals surface area contributed by atoms with Crippen LogP contribution in [-0.4, -0.2) is 160 Å². The number of halogens is 1. The van der Waals surface area contributed by atoms with Crippen LogP contribution in [0.3, 0.4) is 0 Å². The minimum atomic E-state index is -1.47. The number of hydrogen-bond donors (Lipinski definition) is 1. The van der Waals surface area contributed by atoms with Gasteiger partial charge in [-0.25, -0.2) is 29.1 Å². The molecule has 21 atom stereocenters. The average molecular weight is 1420 g/mol. The summed E-state index contributed by atoms with van der Waals surface area (Å²) in [6, 6.07) is 2.18. The van der Waals surface area contributed by atoms with Crippen molar-refractivity contribution in [1.29, 1.82) is 0 Å². The molecule has 0 aliphatic carbocycles. The zero-order valence-electron chi connectivity index (χ0n) is 63.4. The molecule has 8 heterocycles. The highest BCUT2D eigenvalue weighted by molar-refractivity contribution is 6.01. The highest BCUT2D eigenvalue weighted by Gasteiger charge is 2.60. The largest absolute Gasteiger partial charge is 0.457 e. The summed E-state index contributed by atoms with van der Waals surface area (Å²) in [4.78, 5) is 125. The molecule has 23 nitrogen and oxygen atoms in total. The van der Waals surface area contributed by atoms with Crippen LogP contribution in [0.4, 0.5) is 14.0 Å². The monoisotopic (exact) mass is 1410 g/mol. The Morgan fingerprint density at radius 2 is 1.27 bits per heavy atom. The van der Waals surface area contributed by atoms with Crippen molar-refractivity contribution < 1.29 is 85.7 Å². The molecule has 8 rings (SSSR count). The fourth-order valence-electron chi connectivity index (χ4n) is 16.3. The molecule has 0 radical (unpaired) electrons. The molecular formula is C77H115FN6O17. The number of carbonyl (C=O) groups excluding carboxylic acids is 8. The van der Waals surface area contributed by atoms with Crippen molar-refractivity contribution in [2.45, 2.75) is 288 Å². The molecule has 4 fully saturated rings. The van der Waals surface area contributed by atoms with Gasteiger partial charge in [0.1, 0.15) is 42.3 Å². The van der Waals surface area contributed by atoms with Gasteiger partial charge < -0.3 is 52.5 Å². The molecule has 1 amide bonds. The Kier molecular flexibility index (Phi) is 27.8. The number of unbranched alkanes of at least 4 members (excludes halogenated alkanes) is 1. The maximum atomic E-state index is 14.4. The molecular weight excluding hydrogens is 1300 g/mol. The number of ether oxygens (including phenoxy) is 8. The number of ketones is 4. The summed E-state index contributed by atoms with van der Waals surface area (Å²) < 4.78 is 66.4. The predicted molar refractivity (Wildman–Crippen MR) is 373 cm³/mol. The van der Waals surface area contributed by atoms with Gasteiger partial charge in [-0.15, -0.1) is 0 Å². The molecule has 0 saturated carbocycles. The fraction of sp³-hybridized carbons (Fsp3) is 0.727. The Bertz CT molecular complexity index is 3370. The quantitative estimate of drug-likeness (QED) is 0.0486. The molecule has 5 aliphatic heterocycles. The number of aromatic nitrogens is 5. The normalized spacial score (nSPS) is 36.1. The number of esters is 2. The molecule has 101 heavy (non-hydrogen) atoms. The van der Waals surface area contributed by atoms with Crippen LogP contribution in [0, 0.1) is 70.0 Å². The van der Waals surface area contributed by atoms with Gasteiger partial charge in [0.05, 0.1) is 42.5 Å². The van der Waals surface area contributed by atoms with Crippen molar-refractivity contribution >= 4 is 47.3 Å². The van der Waals surface area contributed by atoms with E-state index in [4.69, 9.17) is 37.9 Å². The van der Waals surface area contributed by atoms with Gasteiger partial charge in [-0.3, -0.25) is 28.8 Å². The molecule has 0 aromatic carbocycles. The average Bonchev–Trinajstić information content (AvgIpc) is 1.71. The lowest BCUT2D eigenvalue weighted by Gasteiger charge is -2.45. The first-order chi connectivity index (χ1) is 47.4. The van der Waals surface area contributed by atoms with Crippen molar-refractivity contribution in [2.75, 3.05) is 6.54 Å². The van der Waals surface area contributed by atoms with Crippen LogP contribution in [0.2, 0.25) is 0 Å². The topological polar surface area (TPSA) is 282 Å². The van der Waals surface area contributed by atoms with Gasteiger partial charge in [-0.05, 0) is 145 Å². The van der Waals surface area contributed by atoms with Crippen molar-refractivity contribution in [3.05, 3.63) is 67.2 Å². The van der Waals surface area contributed by atoms with E-state index in [2.05, 4.69) is 28.8 Å². The van der Waals surface area contributed by atoms with Crippen LogP contribution in [0.15, 0.2) is 61.2 Å². The van der Waals surface area contributed by atoms with E-state index < -0.39 is 143 Å². The second kappa shape index (κ2) is 34.3. The van der Waals surface area contributed by atoms with Gasteiger partial charge in [0.25, 0.3) is 0 Å². The number of aryl methyl sites for hydroxylation is 1. The summed E-state index contributed by atoms with van der Waals surface area (Å²) in [6.45, 7) is 38.2. The summed E-state index contributed by atoms with van der Waals surface area (Å²) >= 11 is 0. The molecule has 0 bridgehead atoms. The smallest absolute Gasteiger partial charge is 0.420 e. The second-order valence-corrected chi connectivity index (χ2v) is 31.2. The van der Waals surface area contributed by atoms with Gasteiger partial charge in [0.15, 0.2) is 41.1 Å². The lowest BCUT2D eigenvalue weighted by Crippen LogP contribution is -2.56. The van der Waals surface area contributed by atoms with E-state index in [0.717, 1.165) is 6.42 Å². The van der Waals surface area contributed by atoms with E-state index in [0.29, 0.717) is 67.9 Å². The van der Waals surface area contributed by atoms with Gasteiger partial charge in [-0.2, -0.15) is 4.39 Å². The minimum absolute atomic E-state index is 0.00343. The maximum absolute atomic E-state index is 14.4. The summed E-state index contributed by atoms with van der Waals surface area (Å²) in [7, 11) is 0. The van der Waals surface area contributed by atoms with Gasteiger partial charge in [-0.1, -0.05) is 104 Å². The highest BCUT2D eigenvalue weighted by Crippen LogP contribution is 2.46. The van der Waals surface area contributed by atoms with Crippen molar-refractivity contribution in [2.24, 2.45) is 64.1 Å². The third-order valence-corrected chi connectivity index (χ3v) is 22.3. The van der Waals surface area contributed by atoms with Gasteiger partial charge in [0, 0.05) is 79.5 Å². The van der Waals surface area contributed by atoms with Crippen LogP contribution in [-0.2, 0) is 73.2 Å². The Morgan fingerprint density at radius 3 is 1.82 bits per heavy atom. The predicted octanol–water partition coefficient (Wildman–Crippen LogP) is 13.1. The molecule has 562 valence electrons. The van der Waals surface area contributed by atoms with E-state index >= 15 is 0 Å². The molecule has 2 unspecified atom stereocenters. The van der Waals surface area contributed by atoms with E-state index in [-0.39, 0.29) is 73.5 Å². The Labute approximate surface area is 596 Å². The first kappa shape index (κ1) is 81.7. The van der Waals surface area contributed by atoms with Crippen LogP contribution < -0.4 is 0 Å². The van der Waals surface area contributed by atoms with Gasteiger partial charge in [0.2, 0.25) is 5.95 Å². The molecule has 0 spiro atoms. The molecule has 1 N–H and O–H groups in total. The molecule has 24 heteroatoms. The standard InChI is InChI=1S/C42H61FN4O9.C35H54N2O8/c1-10-33-42(11-2)32(47(40(52)56-42)17-13-12-16-46-22-30(45-23-46)29-14-15-34(43)44-21-29)19-31(48)25(4)20-41(8,9)37(27(6)36(50)28(7)38(51)54-33)55-39-35(49)24(3)18-26(5)53-39;1-12-27-35(13-2,45-33(41)37-15-14-36-19-37)18-22(5)28(38)21(4)17-34(10,11)30(25(8)29(39)26(9)31(40)43-27)44-32-24(7)20(3)16-23(6)42-32/h14-15,21-28,32-33,35,37,39,49H,10-13,16-20H2,1-9H3;14-15,18-21,23-27,30,32H,12-13,16-17H2,1-11H3/b;22-18+/t24-,25+,26+,27-,28+,32+,33+,35+,37+,39?,42-;20-,21+,23+,24+,25-,26+,27+,30+,32?,35-/m00/s1. The third kappa shape index (κ3) is 18.9. The number of amides is 1. The van der Waals surface area contributed by atoms with Crippen molar-refractivity contribution in [3.8, 4) is 11.3 Å². The highest BCUT2D eigenvalue weighted by atomic mass is 19.1. The van der Waals surface area contributed by atoms with E-state index in [9.17, 15) is 47.9 Å². The van der Waals surface area contributed by atoms with Crippen molar-refractivity contribution in [1.82, 2.24) is 29.0 Å². The summed E-state index contributed by atoms with van der Waals surface area (Å²) in [5.41, 5.74) is -2.48. The fourth-order valence-corrected chi connectivity index (χ4v) is 16.3. The van der Waals surface area contributed by atoms with Crippen molar-refractivity contribution in [3.63, 3.8) is 0 Å². The SMILES string of the molecule is CC[C@H]1OC(=O)[C@H](C)C(=O)[C@H](C)[C@@H](OC2O[C@H](C)C[C@H](C)[C@H]2C)C(C)(C)C[C@@H](C)C(=O)/C(C)=C/[C@]1(CC)OC(=O)n1ccnc1.CC[C@H]1OC(=O)[C@H](C)C(=O)[C@H](C)[C@@H](OC2O[C@H](C)C[C@H](C)[C@H]2O)C(C)(C)C[C@@H](C)C(=O)C[C@H]2N(CCCCn3cnc(-c4ccc(F)nc4)c3)C(=O)O[C@]12CC. The van der Waals surface area contributed by atoms with E-state index in [1.54, 1.807) is 64.9 Å². The first-order valence-electron chi connectivity index (χ1n) is 36.8. The summed E-state index contributed by atoms with van der Waals surface area (Å²) in [6.07, 6.45) is 8.17. The first-order valence-corrected chi connectivity index (χ1v) is 36.8. The van der Waals surface area contributed by atoms with Gasteiger partial charge >= 0.3 is 24.1 Å². The number of allylic oxidation sites excluding steroid dienone is 1. The number of Topliss-reactive ketones (excluding diaryl/α,β-unsaturated/α-hetero) is 4. The zero-order chi connectivity index (χ0) is 75.0. The van der Waals surface area contributed by atoms with Crippen LogP contribution in [0.25, 0.3) is 11.3 Å². The zero-order valence-corrected chi connectivity index (χ0v) is 63.4. The number of rotatable bonds is 15. The van der Waals surface area contributed by atoms with Crippen LogP contribution in [0.5, 0.6) is 0 Å². The number of nitrogens with zero attached hydrogens (tertiary/aromatic N) is 6.